The minimum absolute atomic E-state index is 0.382. The third-order valence-electron chi connectivity index (χ3n) is 3.79. The Balaban J connectivity index is 1.62. The Bertz CT molecular complexity index is 978. The van der Waals surface area contributed by atoms with Crippen LogP contribution in [0.1, 0.15) is 5.89 Å². The lowest BCUT2D eigenvalue weighted by atomic mass is 10.2. The number of nitrogens with zero attached hydrogens (tertiary/aromatic N) is 5. The van der Waals surface area contributed by atoms with Gasteiger partial charge in [-0.25, -0.2) is 0 Å². The summed E-state index contributed by atoms with van der Waals surface area (Å²) in [7, 11) is 1.62. The molecule has 4 rings (SSSR count). The standard InChI is InChI=1S/C18H15N5O2/c1-24-16-5-3-2-4-14(16)18-21-17(25-22-18)12-23-15(8-11-20-23)13-6-9-19-10-7-13/h2-11H,12H2,1H3. The minimum Gasteiger partial charge on any atom is -0.496 e. The summed E-state index contributed by atoms with van der Waals surface area (Å²) in [6.45, 7) is 0.382. The molecule has 3 aromatic heterocycles. The lowest BCUT2D eigenvalue weighted by molar-refractivity contribution is 0.366. The lowest BCUT2D eigenvalue weighted by Gasteiger charge is -2.04. The van der Waals surface area contributed by atoms with Crippen molar-refractivity contribution in [1.29, 1.82) is 0 Å². The summed E-state index contributed by atoms with van der Waals surface area (Å²) in [6, 6.07) is 13.4. The Morgan fingerprint density at radius 3 is 2.72 bits per heavy atom. The first-order chi connectivity index (χ1) is 12.3. The molecule has 4 aromatic rings. The molecule has 0 spiro atoms. The maximum atomic E-state index is 5.39. The van der Waals surface area contributed by atoms with Gasteiger partial charge in [-0.1, -0.05) is 17.3 Å². The number of pyridine rings is 1. The predicted molar refractivity (Wildman–Crippen MR) is 90.8 cm³/mol. The van der Waals surface area contributed by atoms with Gasteiger partial charge in [0.2, 0.25) is 11.7 Å². The number of benzene rings is 1. The maximum Gasteiger partial charge on any atom is 0.248 e. The Kier molecular flexibility index (Phi) is 3.96. The monoisotopic (exact) mass is 333 g/mol. The van der Waals surface area contributed by atoms with Crippen molar-refractivity contribution >= 4 is 0 Å². The molecule has 3 heterocycles. The summed E-state index contributed by atoms with van der Waals surface area (Å²) in [5.41, 5.74) is 2.77. The SMILES string of the molecule is COc1ccccc1-c1noc(Cn2nccc2-c2ccncc2)n1. The van der Waals surface area contributed by atoms with Gasteiger partial charge in [-0.2, -0.15) is 10.1 Å². The van der Waals surface area contributed by atoms with E-state index in [0.717, 1.165) is 16.8 Å². The molecule has 0 amide bonds. The quantitative estimate of drug-likeness (QED) is 0.558. The number of ether oxygens (including phenoxy) is 1. The Morgan fingerprint density at radius 2 is 1.88 bits per heavy atom. The molecule has 7 heteroatoms. The number of hydrogen-bond acceptors (Lipinski definition) is 6. The third kappa shape index (κ3) is 2.99. The normalized spacial score (nSPS) is 10.8. The maximum absolute atomic E-state index is 5.39. The molecule has 25 heavy (non-hydrogen) atoms. The molecule has 0 aliphatic heterocycles. The minimum atomic E-state index is 0.382. The zero-order chi connectivity index (χ0) is 17.1. The van der Waals surface area contributed by atoms with Gasteiger partial charge < -0.3 is 9.26 Å². The highest BCUT2D eigenvalue weighted by atomic mass is 16.5. The average Bonchev–Trinajstić information content (AvgIpc) is 3.32. The number of aromatic nitrogens is 5. The van der Waals surface area contributed by atoms with Gasteiger partial charge >= 0.3 is 0 Å². The Labute approximate surface area is 143 Å². The van der Waals surface area contributed by atoms with Gasteiger partial charge in [0.1, 0.15) is 12.3 Å². The van der Waals surface area contributed by atoms with Crippen LogP contribution in [0.4, 0.5) is 0 Å². The van der Waals surface area contributed by atoms with Crippen LogP contribution in [0.15, 0.2) is 65.6 Å². The molecule has 1 aromatic carbocycles. The van der Waals surface area contributed by atoms with Crippen molar-refractivity contribution in [3.05, 3.63) is 66.9 Å². The average molecular weight is 333 g/mol. The van der Waals surface area contributed by atoms with Crippen LogP contribution in [-0.2, 0) is 6.54 Å². The summed E-state index contributed by atoms with van der Waals surface area (Å²) in [5, 5.41) is 8.41. The van der Waals surface area contributed by atoms with Gasteiger partial charge in [0.25, 0.3) is 0 Å². The molecule has 124 valence electrons. The van der Waals surface area contributed by atoms with Gasteiger partial charge in [-0.3, -0.25) is 9.67 Å². The van der Waals surface area contributed by atoms with E-state index in [2.05, 4.69) is 20.2 Å². The molecule has 0 saturated carbocycles. The second-order valence-electron chi connectivity index (χ2n) is 5.32. The lowest BCUT2D eigenvalue weighted by Crippen LogP contribution is -2.04. The first-order valence-corrected chi connectivity index (χ1v) is 7.73. The van der Waals surface area contributed by atoms with E-state index in [-0.39, 0.29) is 0 Å². The van der Waals surface area contributed by atoms with E-state index in [9.17, 15) is 0 Å². The van der Waals surface area contributed by atoms with Gasteiger partial charge in [0.05, 0.1) is 18.4 Å². The van der Waals surface area contributed by atoms with Crippen molar-refractivity contribution in [3.63, 3.8) is 0 Å². The molecule has 7 nitrogen and oxygen atoms in total. The highest BCUT2D eigenvalue weighted by Gasteiger charge is 2.14. The molecule has 0 unspecified atom stereocenters. The molecule has 0 atom stereocenters. The van der Waals surface area contributed by atoms with E-state index < -0.39 is 0 Å². The van der Waals surface area contributed by atoms with E-state index in [1.807, 2.05) is 47.1 Å². The zero-order valence-electron chi connectivity index (χ0n) is 13.5. The van der Waals surface area contributed by atoms with Gasteiger partial charge in [0.15, 0.2) is 0 Å². The zero-order valence-corrected chi connectivity index (χ0v) is 13.5. The number of rotatable bonds is 5. The molecule has 0 N–H and O–H groups in total. The van der Waals surface area contributed by atoms with Crippen molar-refractivity contribution in [3.8, 4) is 28.4 Å². The van der Waals surface area contributed by atoms with Crippen LogP contribution in [0.3, 0.4) is 0 Å². The second kappa shape index (κ2) is 6.56. The first-order valence-electron chi connectivity index (χ1n) is 7.73. The smallest absolute Gasteiger partial charge is 0.248 e. The van der Waals surface area contributed by atoms with Gasteiger partial charge in [-0.05, 0) is 30.3 Å². The van der Waals surface area contributed by atoms with E-state index in [0.29, 0.717) is 24.0 Å². The third-order valence-corrected chi connectivity index (χ3v) is 3.79. The van der Waals surface area contributed by atoms with Crippen molar-refractivity contribution in [2.45, 2.75) is 6.54 Å². The van der Waals surface area contributed by atoms with Crippen LogP contribution < -0.4 is 4.74 Å². The Morgan fingerprint density at radius 1 is 1.04 bits per heavy atom. The molecule has 0 radical (unpaired) electrons. The fourth-order valence-corrected chi connectivity index (χ4v) is 2.61. The van der Waals surface area contributed by atoms with Crippen molar-refractivity contribution in [2.24, 2.45) is 0 Å². The predicted octanol–water partition coefficient (Wildman–Crippen LogP) is 3.05. The Hall–Kier alpha value is -3.48. The first kappa shape index (κ1) is 15.1. The van der Waals surface area contributed by atoms with Crippen LogP contribution in [-0.4, -0.2) is 32.0 Å². The van der Waals surface area contributed by atoms with Crippen LogP contribution in [0.25, 0.3) is 22.6 Å². The number of methoxy groups -OCH3 is 1. The van der Waals surface area contributed by atoms with Gasteiger partial charge in [0, 0.05) is 24.2 Å². The summed E-state index contributed by atoms with van der Waals surface area (Å²) in [4.78, 5) is 8.51. The molecule has 0 fully saturated rings. The van der Waals surface area contributed by atoms with E-state index in [1.54, 1.807) is 25.7 Å². The van der Waals surface area contributed by atoms with Crippen molar-refractivity contribution < 1.29 is 9.26 Å². The molecular weight excluding hydrogens is 318 g/mol. The molecule has 0 aliphatic carbocycles. The molecule has 0 bridgehead atoms. The van der Waals surface area contributed by atoms with Crippen LogP contribution in [0.5, 0.6) is 5.75 Å². The highest BCUT2D eigenvalue weighted by Crippen LogP contribution is 2.27. The summed E-state index contributed by atoms with van der Waals surface area (Å²) in [5.74, 6) is 1.66. The molecule has 0 aliphatic rings. The van der Waals surface area contributed by atoms with E-state index >= 15 is 0 Å². The summed E-state index contributed by atoms with van der Waals surface area (Å²) >= 11 is 0. The van der Waals surface area contributed by atoms with E-state index in [4.69, 9.17) is 9.26 Å². The summed E-state index contributed by atoms with van der Waals surface area (Å²) < 4.78 is 12.6. The summed E-state index contributed by atoms with van der Waals surface area (Å²) in [6.07, 6.45) is 5.24. The van der Waals surface area contributed by atoms with Crippen molar-refractivity contribution in [1.82, 2.24) is 24.9 Å². The van der Waals surface area contributed by atoms with Crippen molar-refractivity contribution in [2.75, 3.05) is 7.11 Å². The van der Waals surface area contributed by atoms with Gasteiger partial charge in [-0.15, -0.1) is 0 Å². The molecular formula is C18H15N5O2. The number of para-hydroxylation sites is 1. The molecule has 0 saturated heterocycles. The van der Waals surface area contributed by atoms with Crippen LogP contribution >= 0.6 is 0 Å². The van der Waals surface area contributed by atoms with E-state index in [1.165, 1.54) is 0 Å². The topological polar surface area (TPSA) is 78.9 Å². The van der Waals surface area contributed by atoms with Crippen LogP contribution in [0, 0.1) is 0 Å². The number of hydrogen-bond donors (Lipinski definition) is 0. The highest BCUT2D eigenvalue weighted by molar-refractivity contribution is 5.63. The fourth-order valence-electron chi connectivity index (χ4n) is 2.61. The van der Waals surface area contributed by atoms with Crippen LogP contribution in [0.2, 0.25) is 0 Å². The second-order valence-corrected chi connectivity index (χ2v) is 5.32. The fraction of sp³-hybridized carbons (Fsp3) is 0.111. The largest absolute Gasteiger partial charge is 0.496 e.